The predicted molar refractivity (Wildman–Crippen MR) is 89.9 cm³/mol. The van der Waals surface area contributed by atoms with Crippen LogP contribution in [0.4, 0.5) is 5.69 Å². The number of amides is 2. The van der Waals surface area contributed by atoms with Crippen molar-refractivity contribution in [3.63, 3.8) is 0 Å². The maximum Gasteiger partial charge on any atom is 0.277 e. The number of rotatable bonds is 3. The van der Waals surface area contributed by atoms with Crippen LogP contribution in [-0.2, 0) is 0 Å². The van der Waals surface area contributed by atoms with Crippen LogP contribution in [0.1, 0.15) is 25.9 Å². The first-order valence-electron chi connectivity index (χ1n) is 7.41. The minimum absolute atomic E-state index is 0.141. The number of nitrogens with zero attached hydrogens (tertiary/aromatic N) is 3. The summed E-state index contributed by atoms with van der Waals surface area (Å²) in [5.41, 5.74) is 7.88. The lowest BCUT2D eigenvalue weighted by Gasteiger charge is -2.35. The zero-order valence-electron chi connectivity index (χ0n) is 12.9. The number of carbonyl (C=O) groups excluding carboxylic acids is 2. The van der Waals surface area contributed by atoms with Crippen molar-refractivity contribution in [2.75, 3.05) is 31.1 Å². The third kappa shape index (κ3) is 3.34. The molecule has 120 valence electrons. The zero-order valence-corrected chi connectivity index (χ0v) is 13.7. The Balaban J connectivity index is 1.62. The number of benzene rings is 1. The summed E-state index contributed by atoms with van der Waals surface area (Å²) in [6.07, 6.45) is 0. The quantitative estimate of drug-likeness (QED) is 0.925. The molecule has 0 aliphatic carbocycles. The minimum atomic E-state index is -0.599. The molecule has 0 radical (unpaired) electrons. The van der Waals surface area contributed by atoms with Gasteiger partial charge in [-0.2, -0.15) is 0 Å². The average molecular weight is 330 g/mol. The SMILES string of the molecule is Cc1ccc(N2CCN(C(=O)c3csc(C(N)=O)n3)CC2)cc1. The molecule has 2 N–H and O–H groups in total. The summed E-state index contributed by atoms with van der Waals surface area (Å²) in [4.78, 5) is 31.5. The van der Waals surface area contributed by atoms with Crippen LogP contribution in [0.2, 0.25) is 0 Å². The van der Waals surface area contributed by atoms with Crippen molar-refractivity contribution in [3.8, 4) is 0 Å². The summed E-state index contributed by atoms with van der Waals surface area (Å²) >= 11 is 1.11. The Morgan fingerprint density at radius 2 is 1.78 bits per heavy atom. The lowest BCUT2D eigenvalue weighted by atomic mass is 10.2. The molecule has 2 amide bonds. The van der Waals surface area contributed by atoms with E-state index in [1.165, 1.54) is 11.3 Å². The first kappa shape index (κ1) is 15.5. The lowest BCUT2D eigenvalue weighted by Crippen LogP contribution is -2.48. The topological polar surface area (TPSA) is 79.5 Å². The molecule has 0 atom stereocenters. The molecule has 23 heavy (non-hydrogen) atoms. The number of anilines is 1. The molecule has 1 fully saturated rings. The molecule has 7 heteroatoms. The molecular formula is C16H18N4O2S. The first-order valence-corrected chi connectivity index (χ1v) is 8.29. The van der Waals surface area contributed by atoms with Gasteiger partial charge in [-0.25, -0.2) is 4.98 Å². The normalized spacial score (nSPS) is 14.8. The summed E-state index contributed by atoms with van der Waals surface area (Å²) < 4.78 is 0. The van der Waals surface area contributed by atoms with E-state index in [-0.39, 0.29) is 10.9 Å². The van der Waals surface area contributed by atoms with Crippen LogP contribution in [0.3, 0.4) is 0 Å². The number of piperazine rings is 1. The van der Waals surface area contributed by atoms with Crippen LogP contribution >= 0.6 is 11.3 Å². The lowest BCUT2D eigenvalue weighted by molar-refractivity contribution is 0.0741. The highest BCUT2D eigenvalue weighted by molar-refractivity contribution is 7.11. The standard InChI is InChI=1S/C16H18N4O2S/c1-11-2-4-12(5-3-11)19-6-8-20(9-7-19)16(22)13-10-23-15(18-13)14(17)21/h2-5,10H,6-9H2,1H3,(H2,17,21). The van der Waals surface area contributed by atoms with Crippen molar-refractivity contribution < 1.29 is 9.59 Å². The van der Waals surface area contributed by atoms with Gasteiger partial charge >= 0.3 is 0 Å². The number of aryl methyl sites for hydroxylation is 1. The second-order valence-corrected chi connectivity index (χ2v) is 6.38. The number of aromatic nitrogens is 1. The van der Waals surface area contributed by atoms with Crippen LogP contribution in [0.25, 0.3) is 0 Å². The van der Waals surface area contributed by atoms with Gasteiger partial charge in [0.25, 0.3) is 11.8 Å². The molecule has 1 aliphatic heterocycles. The van der Waals surface area contributed by atoms with Gasteiger partial charge in [0.1, 0.15) is 5.69 Å². The third-order valence-electron chi connectivity index (χ3n) is 3.90. The Hall–Kier alpha value is -2.41. The second kappa shape index (κ2) is 6.37. The van der Waals surface area contributed by atoms with Gasteiger partial charge in [-0.3, -0.25) is 9.59 Å². The van der Waals surface area contributed by atoms with E-state index in [1.54, 1.807) is 10.3 Å². The number of thiazole rings is 1. The smallest absolute Gasteiger partial charge is 0.277 e. The highest BCUT2D eigenvalue weighted by Crippen LogP contribution is 2.18. The molecule has 0 spiro atoms. The van der Waals surface area contributed by atoms with Crippen molar-refractivity contribution in [3.05, 3.63) is 45.9 Å². The van der Waals surface area contributed by atoms with Crippen LogP contribution in [-0.4, -0.2) is 47.9 Å². The largest absolute Gasteiger partial charge is 0.368 e. The van der Waals surface area contributed by atoms with Crippen molar-refractivity contribution in [1.29, 1.82) is 0 Å². The fraction of sp³-hybridized carbons (Fsp3) is 0.312. The molecule has 6 nitrogen and oxygen atoms in total. The minimum Gasteiger partial charge on any atom is -0.368 e. The number of hydrogen-bond acceptors (Lipinski definition) is 5. The Labute approximate surface area is 138 Å². The van der Waals surface area contributed by atoms with Gasteiger partial charge in [-0.05, 0) is 19.1 Å². The zero-order chi connectivity index (χ0) is 16.4. The summed E-state index contributed by atoms with van der Waals surface area (Å²) in [5.74, 6) is -0.740. The molecule has 0 saturated carbocycles. The van der Waals surface area contributed by atoms with Crippen LogP contribution in [0.5, 0.6) is 0 Å². The van der Waals surface area contributed by atoms with E-state index in [9.17, 15) is 9.59 Å². The molecular weight excluding hydrogens is 312 g/mol. The fourth-order valence-electron chi connectivity index (χ4n) is 2.57. The number of primary amides is 1. The van der Waals surface area contributed by atoms with E-state index in [4.69, 9.17) is 5.73 Å². The van der Waals surface area contributed by atoms with Crippen LogP contribution < -0.4 is 10.6 Å². The highest BCUT2D eigenvalue weighted by Gasteiger charge is 2.24. The van der Waals surface area contributed by atoms with Crippen molar-refractivity contribution >= 4 is 28.8 Å². The van der Waals surface area contributed by atoms with Gasteiger partial charge in [-0.1, -0.05) is 17.7 Å². The molecule has 2 aromatic rings. The van der Waals surface area contributed by atoms with Gasteiger partial charge in [0.05, 0.1) is 0 Å². The fourth-order valence-corrected chi connectivity index (χ4v) is 3.21. The number of hydrogen-bond donors (Lipinski definition) is 1. The van der Waals surface area contributed by atoms with E-state index in [2.05, 4.69) is 41.1 Å². The molecule has 1 aromatic heterocycles. The second-order valence-electron chi connectivity index (χ2n) is 5.52. The van der Waals surface area contributed by atoms with Gasteiger partial charge in [0, 0.05) is 37.2 Å². The Bertz CT molecular complexity index is 718. The van der Waals surface area contributed by atoms with Gasteiger partial charge in [-0.15, -0.1) is 11.3 Å². The Morgan fingerprint density at radius 3 is 2.35 bits per heavy atom. The third-order valence-corrected chi connectivity index (χ3v) is 4.76. The van der Waals surface area contributed by atoms with Gasteiger partial charge in [0.2, 0.25) is 0 Å². The maximum atomic E-state index is 12.4. The summed E-state index contributed by atoms with van der Waals surface area (Å²) in [7, 11) is 0. The van der Waals surface area contributed by atoms with Gasteiger partial charge < -0.3 is 15.5 Å². The average Bonchev–Trinajstić information content (AvgIpc) is 3.05. The molecule has 0 unspecified atom stereocenters. The van der Waals surface area contributed by atoms with E-state index in [0.29, 0.717) is 18.8 Å². The van der Waals surface area contributed by atoms with E-state index in [0.717, 1.165) is 24.4 Å². The molecule has 0 bridgehead atoms. The van der Waals surface area contributed by atoms with Crippen molar-refractivity contribution in [2.45, 2.75) is 6.92 Å². The Morgan fingerprint density at radius 1 is 1.13 bits per heavy atom. The maximum absolute atomic E-state index is 12.4. The molecule has 1 saturated heterocycles. The van der Waals surface area contributed by atoms with Crippen LogP contribution in [0, 0.1) is 6.92 Å². The summed E-state index contributed by atoms with van der Waals surface area (Å²) in [6, 6.07) is 8.39. The summed E-state index contributed by atoms with van der Waals surface area (Å²) in [5, 5.41) is 1.76. The van der Waals surface area contributed by atoms with E-state index >= 15 is 0 Å². The molecule has 1 aromatic carbocycles. The van der Waals surface area contributed by atoms with E-state index in [1.807, 2.05) is 0 Å². The molecule has 2 heterocycles. The molecule has 3 rings (SSSR count). The highest BCUT2D eigenvalue weighted by atomic mass is 32.1. The summed E-state index contributed by atoms with van der Waals surface area (Å²) in [6.45, 7) is 4.89. The number of nitrogens with two attached hydrogens (primary N) is 1. The first-order chi connectivity index (χ1) is 11.0. The van der Waals surface area contributed by atoms with Crippen LogP contribution in [0.15, 0.2) is 29.6 Å². The Kier molecular flexibility index (Phi) is 4.29. The predicted octanol–water partition coefficient (Wildman–Crippen LogP) is 1.51. The van der Waals surface area contributed by atoms with Crippen molar-refractivity contribution in [1.82, 2.24) is 9.88 Å². The van der Waals surface area contributed by atoms with Gasteiger partial charge in [0.15, 0.2) is 5.01 Å². The van der Waals surface area contributed by atoms with E-state index < -0.39 is 5.91 Å². The molecule has 1 aliphatic rings. The number of carbonyl (C=O) groups is 2. The monoisotopic (exact) mass is 330 g/mol. The van der Waals surface area contributed by atoms with Crippen molar-refractivity contribution in [2.24, 2.45) is 5.73 Å².